The molecule has 1 saturated carbocycles. The predicted octanol–water partition coefficient (Wildman–Crippen LogP) is 1.76. The van der Waals surface area contributed by atoms with E-state index in [1.165, 1.54) is 29.3 Å². The summed E-state index contributed by atoms with van der Waals surface area (Å²) in [5.74, 6) is -1.11. The molecule has 1 heterocycles. The van der Waals surface area contributed by atoms with Crippen molar-refractivity contribution in [2.45, 2.75) is 36.6 Å². The molecule has 1 aliphatic carbocycles. The van der Waals surface area contributed by atoms with Gasteiger partial charge in [-0.15, -0.1) is 0 Å². The highest BCUT2D eigenvalue weighted by atomic mass is 32.2. The molecule has 1 saturated heterocycles. The maximum absolute atomic E-state index is 14.0. The third kappa shape index (κ3) is 4.02. The Bertz CT molecular complexity index is 741. The van der Waals surface area contributed by atoms with Gasteiger partial charge in [0.15, 0.2) is 0 Å². The molecular weight excluding hydrogens is 347 g/mol. The largest absolute Gasteiger partial charge is 0.465 e. The van der Waals surface area contributed by atoms with Crippen molar-refractivity contribution >= 4 is 16.0 Å². The normalized spacial score (nSPS) is 19.8. The average molecular weight is 370 g/mol. The van der Waals surface area contributed by atoms with Crippen molar-refractivity contribution in [1.82, 2.24) is 9.62 Å². The summed E-state index contributed by atoms with van der Waals surface area (Å²) in [5.41, 5.74) is -0.529. The first kappa shape index (κ1) is 18.3. The Kier molecular flexibility index (Phi) is 5.41. The number of nitrogens with one attached hydrogen (secondary N) is 1. The molecule has 0 spiro atoms. The minimum Gasteiger partial charge on any atom is -0.465 e. The number of carbonyl (C=O) groups excluding carboxylic acids is 1. The molecule has 8 heteroatoms. The minimum absolute atomic E-state index is 0.305. The van der Waals surface area contributed by atoms with E-state index in [-0.39, 0.29) is 4.90 Å². The van der Waals surface area contributed by atoms with Crippen molar-refractivity contribution in [3.05, 3.63) is 29.6 Å². The molecule has 3 rings (SSSR count). The van der Waals surface area contributed by atoms with Crippen LogP contribution in [-0.4, -0.2) is 51.5 Å². The summed E-state index contributed by atoms with van der Waals surface area (Å²) in [6, 6.07) is 3.90. The SMILES string of the molecule is COC(=O)c1c(F)cccc1S(=O)(=O)N1CCC(NCC2CC2)CC1. The van der Waals surface area contributed by atoms with Crippen LogP contribution in [0.1, 0.15) is 36.0 Å². The standard InChI is InChI=1S/C17H23FN2O4S/c1-24-17(21)16-14(18)3-2-4-15(16)25(22,23)20-9-7-13(8-10-20)19-11-12-5-6-12/h2-4,12-13,19H,5-11H2,1H3. The fourth-order valence-electron chi connectivity index (χ4n) is 3.11. The van der Waals surface area contributed by atoms with Gasteiger partial charge in [-0.3, -0.25) is 0 Å². The highest BCUT2D eigenvalue weighted by Crippen LogP contribution is 2.29. The van der Waals surface area contributed by atoms with Crippen molar-refractivity contribution in [3.63, 3.8) is 0 Å². The van der Waals surface area contributed by atoms with Crippen LogP contribution in [0, 0.1) is 11.7 Å². The number of benzene rings is 1. The van der Waals surface area contributed by atoms with Crippen LogP contribution < -0.4 is 5.32 Å². The zero-order chi connectivity index (χ0) is 18.0. The molecule has 2 fully saturated rings. The summed E-state index contributed by atoms with van der Waals surface area (Å²) in [5, 5.41) is 3.49. The molecule has 1 aromatic carbocycles. The van der Waals surface area contributed by atoms with Crippen LogP contribution in [0.15, 0.2) is 23.1 Å². The van der Waals surface area contributed by atoms with Crippen LogP contribution in [0.2, 0.25) is 0 Å². The molecule has 0 aromatic heterocycles. The van der Waals surface area contributed by atoms with E-state index in [0.29, 0.717) is 32.0 Å². The van der Waals surface area contributed by atoms with E-state index in [0.717, 1.165) is 25.6 Å². The van der Waals surface area contributed by atoms with Crippen molar-refractivity contribution in [1.29, 1.82) is 0 Å². The number of esters is 1. The van der Waals surface area contributed by atoms with Crippen LogP contribution in [0.25, 0.3) is 0 Å². The Labute approximate surface area is 147 Å². The summed E-state index contributed by atoms with van der Waals surface area (Å²) in [6.07, 6.45) is 3.95. The molecular formula is C17H23FN2O4S. The molecule has 138 valence electrons. The zero-order valence-corrected chi connectivity index (χ0v) is 15.0. The van der Waals surface area contributed by atoms with Crippen LogP contribution in [0.3, 0.4) is 0 Å². The van der Waals surface area contributed by atoms with E-state index in [9.17, 15) is 17.6 Å². The number of hydrogen-bond donors (Lipinski definition) is 1. The van der Waals surface area contributed by atoms with Gasteiger partial charge in [-0.05, 0) is 50.3 Å². The number of nitrogens with zero attached hydrogens (tertiary/aromatic N) is 1. The number of halogens is 1. The number of piperidine rings is 1. The Balaban J connectivity index is 1.74. The molecule has 25 heavy (non-hydrogen) atoms. The third-order valence-corrected chi connectivity index (χ3v) is 6.77. The lowest BCUT2D eigenvalue weighted by Crippen LogP contribution is -2.45. The van der Waals surface area contributed by atoms with Crippen molar-refractivity contribution in [3.8, 4) is 0 Å². The van der Waals surface area contributed by atoms with Gasteiger partial charge in [0, 0.05) is 19.1 Å². The van der Waals surface area contributed by atoms with Gasteiger partial charge < -0.3 is 10.1 Å². The molecule has 1 aliphatic heterocycles. The highest BCUT2D eigenvalue weighted by molar-refractivity contribution is 7.89. The second kappa shape index (κ2) is 7.39. The van der Waals surface area contributed by atoms with Gasteiger partial charge in [-0.25, -0.2) is 17.6 Å². The van der Waals surface area contributed by atoms with E-state index in [2.05, 4.69) is 10.1 Å². The topological polar surface area (TPSA) is 75.7 Å². The Morgan fingerprint density at radius 2 is 1.96 bits per heavy atom. The summed E-state index contributed by atoms with van der Waals surface area (Å²) < 4.78 is 45.7. The maximum Gasteiger partial charge on any atom is 0.342 e. The van der Waals surface area contributed by atoms with Gasteiger partial charge in [-0.1, -0.05) is 6.07 Å². The summed E-state index contributed by atoms with van der Waals surface area (Å²) in [6.45, 7) is 1.69. The van der Waals surface area contributed by atoms with E-state index >= 15 is 0 Å². The third-order valence-electron chi connectivity index (χ3n) is 4.83. The zero-order valence-electron chi connectivity index (χ0n) is 14.2. The van der Waals surface area contributed by atoms with Gasteiger partial charge in [0.25, 0.3) is 0 Å². The second-order valence-corrected chi connectivity index (χ2v) is 8.54. The van der Waals surface area contributed by atoms with E-state index < -0.39 is 27.4 Å². The average Bonchev–Trinajstić information content (AvgIpc) is 3.44. The molecule has 0 radical (unpaired) electrons. The molecule has 6 nitrogen and oxygen atoms in total. The van der Waals surface area contributed by atoms with Gasteiger partial charge >= 0.3 is 5.97 Å². The smallest absolute Gasteiger partial charge is 0.342 e. The number of methoxy groups -OCH3 is 1. The first-order valence-corrected chi connectivity index (χ1v) is 9.98. The van der Waals surface area contributed by atoms with Gasteiger partial charge in [-0.2, -0.15) is 4.31 Å². The molecule has 0 atom stereocenters. The number of ether oxygens (including phenoxy) is 1. The van der Waals surface area contributed by atoms with Crippen molar-refractivity contribution in [2.24, 2.45) is 5.92 Å². The maximum atomic E-state index is 14.0. The first-order valence-electron chi connectivity index (χ1n) is 8.54. The Morgan fingerprint density at radius 1 is 1.28 bits per heavy atom. The quantitative estimate of drug-likeness (QED) is 0.773. The highest BCUT2D eigenvalue weighted by Gasteiger charge is 2.34. The predicted molar refractivity (Wildman–Crippen MR) is 90.2 cm³/mol. The Morgan fingerprint density at radius 3 is 2.56 bits per heavy atom. The Hall–Kier alpha value is -1.51. The second-order valence-electron chi connectivity index (χ2n) is 6.63. The first-order chi connectivity index (χ1) is 11.9. The number of sulfonamides is 1. The summed E-state index contributed by atoms with van der Waals surface area (Å²) >= 11 is 0. The fourth-order valence-corrected chi connectivity index (χ4v) is 4.77. The van der Waals surface area contributed by atoms with Crippen LogP contribution >= 0.6 is 0 Å². The molecule has 0 amide bonds. The van der Waals surface area contributed by atoms with Crippen molar-refractivity contribution < 1.29 is 22.3 Å². The summed E-state index contributed by atoms with van der Waals surface area (Å²) in [7, 11) is -2.85. The van der Waals surface area contributed by atoms with Crippen LogP contribution in [-0.2, 0) is 14.8 Å². The summed E-state index contributed by atoms with van der Waals surface area (Å²) in [4.78, 5) is 11.5. The molecule has 1 N–H and O–H groups in total. The van der Waals surface area contributed by atoms with Gasteiger partial charge in [0.2, 0.25) is 10.0 Å². The van der Waals surface area contributed by atoms with Crippen LogP contribution in [0.4, 0.5) is 4.39 Å². The number of hydrogen-bond acceptors (Lipinski definition) is 5. The monoisotopic (exact) mass is 370 g/mol. The number of carbonyl (C=O) groups is 1. The molecule has 2 aliphatic rings. The van der Waals surface area contributed by atoms with Gasteiger partial charge in [0.1, 0.15) is 11.4 Å². The van der Waals surface area contributed by atoms with E-state index in [4.69, 9.17) is 0 Å². The van der Waals surface area contributed by atoms with E-state index in [1.807, 2.05) is 0 Å². The molecule has 0 unspecified atom stereocenters. The molecule has 1 aromatic rings. The van der Waals surface area contributed by atoms with Crippen molar-refractivity contribution in [2.75, 3.05) is 26.7 Å². The number of rotatable bonds is 6. The lowest BCUT2D eigenvalue weighted by Gasteiger charge is -2.32. The van der Waals surface area contributed by atoms with Crippen LogP contribution in [0.5, 0.6) is 0 Å². The van der Waals surface area contributed by atoms with E-state index in [1.54, 1.807) is 0 Å². The fraction of sp³-hybridized carbons (Fsp3) is 0.588. The lowest BCUT2D eigenvalue weighted by molar-refractivity contribution is 0.0590. The van der Waals surface area contributed by atoms with Gasteiger partial charge in [0.05, 0.1) is 12.0 Å². The lowest BCUT2D eigenvalue weighted by atomic mass is 10.1. The minimum atomic E-state index is -3.95. The molecule has 0 bridgehead atoms.